The van der Waals surface area contributed by atoms with Crippen molar-refractivity contribution >= 4 is 11.9 Å². The van der Waals surface area contributed by atoms with E-state index in [-0.39, 0.29) is 12.0 Å². The Hall–Kier alpha value is -1.34. The molecule has 1 saturated carbocycles. The topological polar surface area (TPSA) is 75.2 Å². The van der Waals surface area contributed by atoms with Gasteiger partial charge >= 0.3 is 0 Å². The van der Waals surface area contributed by atoms with Gasteiger partial charge in [0.2, 0.25) is 5.91 Å². The number of likely N-dealkylation sites (tertiary alicyclic amines) is 1. The molecule has 1 unspecified atom stereocenters. The molecule has 7 nitrogen and oxygen atoms in total. The maximum atomic E-state index is 12.7. The van der Waals surface area contributed by atoms with Crippen molar-refractivity contribution in [1.82, 2.24) is 15.5 Å². The monoisotopic (exact) mass is 396 g/mol. The molecule has 28 heavy (non-hydrogen) atoms. The minimum atomic E-state index is 0.257. The molecule has 7 heteroatoms. The van der Waals surface area contributed by atoms with Crippen LogP contribution in [0.2, 0.25) is 0 Å². The van der Waals surface area contributed by atoms with Gasteiger partial charge in [0, 0.05) is 45.2 Å². The first-order chi connectivity index (χ1) is 13.7. The molecule has 1 heterocycles. The molecule has 0 aromatic heterocycles. The largest absolute Gasteiger partial charge is 0.379 e. The van der Waals surface area contributed by atoms with Gasteiger partial charge in [-0.25, -0.2) is 0 Å². The highest BCUT2D eigenvalue weighted by Gasteiger charge is 2.31. The molecule has 0 aromatic rings. The number of unbranched alkanes of at least 4 members (excludes halogenated alkanes) is 1. The van der Waals surface area contributed by atoms with E-state index in [2.05, 4.69) is 22.5 Å². The zero-order chi connectivity index (χ0) is 20.0. The second-order valence-electron chi connectivity index (χ2n) is 7.83. The van der Waals surface area contributed by atoms with Gasteiger partial charge in [-0.1, -0.05) is 32.6 Å². The summed E-state index contributed by atoms with van der Waals surface area (Å²) in [5.74, 6) is 1.40. The summed E-state index contributed by atoms with van der Waals surface area (Å²) in [6, 6.07) is 0.270. The van der Waals surface area contributed by atoms with Crippen molar-refractivity contribution in [2.75, 3.05) is 53.1 Å². The van der Waals surface area contributed by atoms with E-state index in [0.29, 0.717) is 32.3 Å². The summed E-state index contributed by atoms with van der Waals surface area (Å²) in [7, 11) is 1.78. The molecular weight excluding hydrogens is 356 g/mol. The fourth-order valence-electron chi connectivity index (χ4n) is 3.88. The molecule has 2 rings (SSSR count). The van der Waals surface area contributed by atoms with Crippen LogP contribution in [0.3, 0.4) is 0 Å². The van der Waals surface area contributed by atoms with Crippen LogP contribution in [0.5, 0.6) is 0 Å². The number of rotatable bonds is 11. The SMILES string of the molecule is CCCCOCCOCCNC(=NC)NC1CCN(C(=O)C2CCCCC2)C1. The summed E-state index contributed by atoms with van der Waals surface area (Å²) in [4.78, 5) is 19.0. The maximum Gasteiger partial charge on any atom is 0.225 e. The first-order valence-corrected chi connectivity index (χ1v) is 11.2. The highest BCUT2D eigenvalue weighted by molar-refractivity contribution is 5.81. The summed E-state index contributed by atoms with van der Waals surface area (Å²) in [6.45, 7) is 7.20. The Morgan fingerprint density at radius 1 is 1.07 bits per heavy atom. The fourth-order valence-corrected chi connectivity index (χ4v) is 3.88. The van der Waals surface area contributed by atoms with Crippen molar-refractivity contribution in [2.24, 2.45) is 10.9 Å². The van der Waals surface area contributed by atoms with Crippen LogP contribution in [-0.4, -0.2) is 75.9 Å². The Morgan fingerprint density at radius 3 is 2.54 bits per heavy atom. The molecule has 1 aliphatic heterocycles. The highest BCUT2D eigenvalue weighted by atomic mass is 16.5. The lowest BCUT2D eigenvalue weighted by molar-refractivity contribution is -0.135. The number of amides is 1. The first-order valence-electron chi connectivity index (χ1n) is 11.2. The zero-order valence-corrected chi connectivity index (χ0v) is 17.9. The normalized spacial score (nSPS) is 21.1. The maximum absolute atomic E-state index is 12.7. The van der Waals surface area contributed by atoms with E-state index in [1.54, 1.807) is 7.05 Å². The van der Waals surface area contributed by atoms with E-state index in [1.807, 2.05) is 4.90 Å². The average Bonchev–Trinajstić information content (AvgIpc) is 3.20. The van der Waals surface area contributed by atoms with E-state index in [9.17, 15) is 4.79 Å². The number of hydrogen-bond acceptors (Lipinski definition) is 4. The third-order valence-electron chi connectivity index (χ3n) is 5.57. The van der Waals surface area contributed by atoms with Gasteiger partial charge in [-0.3, -0.25) is 9.79 Å². The molecule has 2 fully saturated rings. The van der Waals surface area contributed by atoms with Crippen molar-refractivity contribution < 1.29 is 14.3 Å². The second kappa shape index (κ2) is 13.8. The van der Waals surface area contributed by atoms with Crippen LogP contribution in [0.4, 0.5) is 0 Å². The predicted molar refractivity (Wildman–Crippen MR) is 113 cm³/mol. The lowest BCUT2D eigenvalue weighted by Gasteiger charge is -2.26. The van der Waals surface area contributed by atoms with E-state index in [4.69, 9.17) is 9.47 Å². The van der Waals surface area contributed by atoms with E-state index < -0.39 is 0 Å². The number of ether oxygens (including phenoxy) is 2. The number of carbonyl (C=O) groups excluding carboxylic acids is 1. The molecule has 2 N–H and O–H groups in total. The Kier molecular flexibility index (Phi) is 11.3. The minimum Gasteiger partial charge on any atom is -0.379 e. The van der Waals surface area contributed by atoms with Gasteiger partial charge in [0.1, 0.15) is 0 Å². The van der Waals surface area contributed by atoms with Crippen LogP contribution < -0.4 is 10.6 Å². The Morgan fingerprint density at radius 2 is 1.82 bits per heavy atom. The quantitative estimate of drug-likeness (QED) is 0.318. The number of nitrogens with one attached hydrogen (secondary N) is 2. The van der Waals surface area contributed by atoms with Gasteiger partial charge in [-0.05, 0) is 25.7 Å². The van der Waals surface area contributed by atoms with E-state index in [0.717, 1.165) is 57.8 Å². The van der Waals surface area contributed by atoms with Crippen molar-refractivity contribution in [3.63, 3.8) is 0 Å². The molecule has 162 valence electrons. The summed E-state index contributed by atoms with van der Waals surface area (Å²) in [5, 5.41) is 6.73. The van der Waals surface area contributed by atoms with Gasteiger partial charge in [0.05, 0.1) is 19.8 Å². The zero-order valence-electron chi connectivity index (χ0n) is 17.9. The number of hydrogen-bond donors (Lipinski definition) is 2. The summed E-state index contributed by atoms with van der Waals surface area (Å²) >= 11 is 0. The van der Waals surface area contributed by atoms with Crippen molar-refractivity contribution in [1.29, 1.82) is 0 Å². The third-order valence-corrected chi connectivity index (χ3v) is 5.57. The fraction of sp³-hybridized carbons (Fsp3) is 0.905. The first kappa shape index (κ1) is 22.9. The Balaban J connectivity index is 1.56. The van der Waals surface area contributed by atoms with Gasteiger partial charge in [-0.2, -0.15) is 0 Å². The molecule has 0 bridgehead atoms. The van der Waals surface area contributed by atoms with Crippen molar-refractivity contribution in [3.8, 4) is 0 Å². The molecule has 1 amide bonds. The van der Waals surface area contributed by atoms with Crippen molar-refractivity contribution in [3.05, 3.63) is 0 Å². The summed E-state index contributed by atoms with van der Waals surface area (Å²) in [6.07, 6.45) is 9.07. The van der Waals surface area contributed by atoms with E-state index >= 15 is 0 Å². The molecular formula is C21H40N4O3. The van der Waals surface area contributed by atoms with Gasteiger partial charge in [-0.15, -0.1) is 0 Å². The molecule has 0 radical (unpaired) electrons. The summed E-state index contributed by atoms with van der Waals surface area (Å²) in [5.41, 5.74) is 0. The number of aliphatic imine (C=N–C) groups is 1. The number of carbonyl (C=O) groups is 1. The van der Waals surface area contributed by atoms with E-state index in [1.165, 1.54) is 19.3 Å². The summed E-state index contributed by atoms with van der Waals surface area (Å²) < 4.78 is 11.0. The van der Waals surface area contributed by atoms with Crippen LogP contribution in [0.15, 0.2) is 4.99 Å². The Bertz CT molecular complexity index is 467. The molecule has 2 aliphatic rings. The standard InChI is InChI=1S/C21H40N4O3/c1-3-4-13-27-15-16-28-14-11-23-21(22-2)24-19-10-12-25(17-19)20(26)18-8-6-5-7-9-18/h18-19H,3-17H2,1-2H3,(H2,22,23,24). The average molecular weight is 397 g/mol. The number of guanidine groups is 1. The third kappa shape index (κ3) is 8.35. The van der Waals surface area contributed by atoms with Crippen LogP contribution in [0.25, 0.3) is 0 Å². The smallest absolute Gasteiger partial charge is 0.225 e. The Labute approximate surface area is 170 Å². The molecule has 1 saturated heterocycles. The van der Waals surface area contributed by atoms with Gasteiger partial charge in [0.15, 0.2) is 5.96 Å². The molecule has 1 aliphatic carbocycles. The van der Waals surface area contributed by atoms with Crippen LogP contribution in [-0.2, 0) is 14.3 Å². The lowest BCUT2D eigenvalue weighted by atomic mass is 9.88. The van der Waals surface area contributed by atoms with Crippen LogP contribution in [0, 0.1) is 5.92 Å². The molecule has 0 aromatic carbocycles. The molecule has 1 atom stereocenters. The number of nitrogens with zero attached hydrogens (tertiary/aromatic N) is 2. The second-order valence-corrected chi connectivity index (χ2v) is 7.83. The van der Waals surface area contributed by atoms with Crippen molar-refractivity contribution in [2.45, 2.75) is 64.3 Å². The lowest BCUT2D eigenvalue weighted by Crippen LogP contribution is -2.46. The van der Waals surface area contributed by atoms with Crippen LogP contribution >= 0.6 is 0 Å². The molecule has 0 spiro atoms. The van der Waals surface area contributed by atoms with Gasteiger partial charge in [0.25, 0.3) is 0 Å². The van der Waals surface area contributed by atoms with Gasteiger partial charge < -0.3 is 25.0 Å². The van der Waals surface area contributed by atoms with Crippen LogP contribution in [0.1, 0.15) is 58.3 Å². The highest BCUT2D eigenvalue weighted by Crippen LogP contribution is 2.26. The minimum absolute atomic E-state index is 0.257. The predicted octanol–water partition coefficient (Wildman–Crippen LogP) is 2.17.